The molecule has 2 aromatic rings. The summed E-state index contributed by atoms with van der Waals surface area (Å²) in [6, 6.07) is 5.07. The molecule has 0 saturated heterocycles. The third-order valence-electron chi connectivity index (χ3n) is 3.40. The lowest BCUT2D eigenvalue weighted by Crippen LogP contribution is -2.12. The molecule has 1 heterocycles. The van der Waals surface area contributed by atoms with Gasteiger partial charge in [0.15, 0.2) is 10.9 Å². The van der Waals surface area contributed by atoms with Gasteiger partial charge >= 0.3 is 5.97 Å². The van der Waals surface area contributed by atoms with Gasteiger partial charge in [-0.05, 0) is 43.5 Å². The molecule has 0 bridgehead atoms. The number of benzene rings is 1. The average molecular weight is 391 g/mol. The number of carboxylic acids is 1. The monoisotopic (exact) mass is 390 g/mol. The number of thioether (sulfide) groups is 1. The number of carbonyl (C=O) groups is 1. The molecular formula is C16H17Cl2FN2O2S. The third kappa shape index (κ3) is 4.65. The number of aryl methyl sites for hydroxylation is 1. The van der Waals surface area contributed by atoms with Crippen molar-refractivity contribution in [2.75, 3.05) is 12.4 Å². The number of nitrogens with zero attached hydrogens (tertiary/aromatic N) is 2. The van der Waals surface area contributed by atoms with Crippen molar-refractivity contribution in [1.29, 1.82) is 0 Å². The van der Waals surface area contributed by atoms with Crippen LogP contribution in [0.4, 0.5) is 4.39 Å². The summed E-state index contributed by atoms with van der Waals surface area (Å²) in [6.45, 7) is 1.56. The van der Waals surface area contributed by atoms with Crippen LogP contribution in [-0.4, -0.2) is 33.1 Å². The van der Waals surface area contributed by atoms with Crippen LogP contribution in [0.3, 0.4) is 0 Å². The number of unbranched alkanes of at least 4 members (excludes halogenated alkanes) is 1. The highest BCUT2D eigenvalue weighted by Gasteiger charge is 2.21. The Labute approximate surface area is 154 Å². The van der Waals surface area contributed by atoms with Crippen LogP contribution in [0.15, 0.2) is 23.4 Å². The van der Waals surface area contributed by atoms with Gasteiger partial charge in [0.2, 0.25) is 0 Å². The summed E-state index contributed by atoms with van der Waals surface area (Å²) in [5.74, 6) is -0.378. The minimum absolute atomic E-state index is 0.124. The summed E-state index contributed by atoms with van der Waals surface area (Å²) in [5.41, 5.74) is 1.28. The Kier molecular flexibility index (Phi) is 6.95. The number of carboxylic acid groups (broad SMARTS) is 1. The van der Waals surface area contributed by atoms with Crippen molar-refractivity contribution in [3.05, 3.63) is 45.2 Å². The van der Waals surface area contributed by atoms with Crippen molar-refractivity contribution < 1.29 is 14.3 Å². The minimum Gasteiger partial charge on any atom is -0.477 e. The van der Waals surface area contributed by atoms with Gasteiger partial charge in [-0.3, -0.25) is 4.39 Å². The summed E-state index contributed by atoms with van der Waals surface area (Å²) < 4.78 is 13.8. The number of hydrogen-bond donors (Lipinski definition) is 1. The molecule has 2 rings (SSSR count). The van der Waals surface area contributed by atoms with Crippen LogP contribution < -0.4 is 0 Å². The molecule has 0 aliphatic carbocycles. The van der Waals surface area contributed by atoms with Gasteiger partial charge < -0.3 is 9.67 Å². The Morgan fingerprint density at radius 2 is 2.12 bits per heavy atom. The van der Waals surface area contributed by atoms with E-state index in [-0.39, 0.29) is 18.9 Å². The Balaban J connectivity index is 2.34. The van der Waals surface area contributed by atoms with E-state index in [1.807, 2.05) is 0 Å². The van der Waals surface area contributed by atoms with Crippen molar-refractivity contribution >= 4 is 40.9 Å². The predicted octanol–water partition coefficient (Wildman–Crippen LogP) is 5.09. The van der Waals surface area contributed by atoms with Gasteiger partial charge in [0, 0.05) is 15.8 Å². The maximum absolute atomic E-state index is 12.2. The van der Waals surface area contributed by atoms with Crippen molar-refractivity contribution in [1.82, 2.24) is 9.55 Å². The van der Waals surface area contributed by atoms with Crippen molar-refractivity contribution in [2.24, 2.45) is 0 Å². The zero-order chi connectivity index (χ0) is 17.7. The molecule has 0 fully saturated rings. The van der Waals surface area contributed by atoms with Crippen LogP contribution in [0, 0.1) is 6.92 Å². The fourth-order valence-electron chi connectivity index (χ4n) is 2.27. The smallest absolute Gasteiger partial charge is 0.354 e. The molecule has 0 aliphatic rings. The van der Waals surface area contributed by atoms with Gasteiger partial charge in [-0.15, -0.1) is 0 Å². The summed E-state index contributed by atoms with van der Waals surface area (Å²) in [7, 11) is 0. The molecule has 1 aromatic carbocycles. The van der Waals surface area contributed by atoms with Gasteiger partial charge in [-0.25, -0.2) is 9.78 Å². The summed E-state index contributed by atoms with van der Waals surface area (Å²) >= 11 is 13.6. The minimum atomic E-state index is -1.05. The number of halogens is 3. The third-order valence-corrected chi connectivity index (χ3v) is 5.07. The number of aromatic nitrogens is 2. The van der Waals surface area contributed by atoms with Crippen molar-refractivity contribution in [2.45, 2.75) is 31.5 Å². The largest absolute Gasteiger partial charge is 0.477 e. The molecule has 0 atom stereocenters. The van der Waals surface area contributed by atoms with E-state index in [1.54, 1.807) is 29.7 Å². The summed E-state index contributed by atoms with van der Waals surface area (Å²) in [6.07, 6.45) is 1.19. The molecule has 4 nitrogen and oxygen atoms in total. The first-order valence-electron chi connectivity index (χ1n) is 7.37. The molecule has 0 radical (unpaired) electrons. The first kappa shape index (κ1) is 19.1. The molecule has 24 heavy (non-hydrogen) atoms. The van der Waals surface area contributed by atoms with Gasteiger partial charge in [0.25, 0.3) is 0 Å². The number of hydrogen-bond acceptors (Lipinski definition) is 3. The highest BCUT2D eigenvalue weighted by molar-refractivity contribution is 7.99. The molecule has 0 saturated carbocycles. The molecule has 0 unspecified atom stereocenters. The maximum Gasteiger partial charge on any atom is 0.354 e. The lowest BCUT2D eigenvalue weighted by atomic mass is 10.2. The van der Waals surface area contributed by atoms with Gasteiger partial charge in [0.1, 0.15) is 0 Å². The Hall–Kier alpha value is -1.24. The SMILES string of the molecule is Cc1nc(SCCCCF)n(Cc2cc(Cl)ccc2Cl)c1C(=O)O. The van der Waals surface area contributed by atoms with Crippen LogP contribution >= 0.6 is 35.0 Å². The van der Waals surface area contributed by atoms with Crippen LogP contribution in [0.25, 0.3) is 0 Å². The normalized spacial score (nSPS) is 11.0. The average Bonchev–Trinajstić information content (AvgIpc) is 2.83. The molecule has 1 aromatic heterocycles. The van der Waals surface area contributed by atoms with Crippen LogP contribution in [-0.2, 0) is 6.54 Å². The first-order valence-corrected chi connectivity index (χ1v) is 9.11. The zero-order valence-electron chi connectivity index (χ0n) is 13.1. The molecule has 0 aliphatic heterocycles. The molecule has 0 amide bonds. The topological polar surface area (TPSA) is 55.1 Å². The van der Waals surface area contributed by atoms with Gasteiger partial charge in [0.05, 0.1) is 18.9 Å². The van der Waals surface area contributed by atoms with E-state index in [2.05, 4.69) is 4.98 Å². The van der Waals surface area contributed by atoms with Crippen LogP contribution in [0.2, 0.25) is 10.0 Å². The Bertz CT molecular complexity index is 737. The zero-order valence-corrected chi connectivity index (χ0v) is 15.4. The Morgan fingerprint density at radius 1 is 1.38 bits per heavy atom. The van der Waals surface area contributed by atoms with E-state index in [4.69, 9.17) is 23.2 Å². The Morgan fingerprint density at radius 3 is 2.79 bits per heavy atom. The van der Waals surface area contributed by atoms with E-state index in [9.17, 15) is 14.3 Å². The molecule has 0 spiro atoms. The van der Waals surface area contributed by atoms with Gasteiger partial charge in [-0.2, -0.15) is 0 Å². The first-order chi connectivity index (χ1) is 11.4. The summed E-state index contributed by atoms with van der Waals surface area (Å²) in [5, 5.41) is 11.1. The molecule has 1 N–H and O–H groups in total. The number of aromatic carboxylic acids is 1. The van der Waals surface area contributed by atoms with E-state index in [0.29, 0.717) is 39.5 Å². The van der Waals surface area contributed by atoms with Crippen molar-refractivity contribution in [3.63, 3.8) is 0 Å². The van der Waals surface area contributed by atoms with E-state index in [1.165, 1.54) is 11.8 Å². The van der Waals surface area contributed by atoms with Crippen LogP contribution in [0.5, 0.6) is 0 Å². The van der Waals surface area contributed by atoms with Crippen molar-refractivity contribution in [3.8, 4) is 0 Å². The van der Waals surface area contributed by atoms with Crippen LogP contribution in [0.1, 0.15) is 34.6 Å². The van der Waals surface area contributed by atoms with E-state index >= 15 is 0 Å². The highest BCUT2D eigenvalue weighted by atomic mass is 35.5. The second-order valence-electron chi connectivity index (χ2n) is 5.20. The molecular weight excluding hydrogens is 374 g/mol. The maximum atomic E-state index is 12.2. The van der Waals surface area contributed by atoms with Gasteiger partial charge in [-0.1, -0.05) is 35.0 Å². The highest BCUT2D eigenvalue weighted by Crippen LogP contribution is 2.27. The molecule has 130 valence electrons. The lowest BCUT2D eigenvalue weighted by molar-refractivity contribution is 0.0684. The predicted molar refractivity (Wildman–Crippen MR) is 95.4 cm³/mol. The number of alkyl halides is 1. The fraction of sp³-hybridized carbons (Fsp3) is 0.375. The molecule has 8 heteroatoms. The van der Waals surface area contributed by atoms with E-state index in [0.717, 1.165) is 5.56 Å². The lowest BCUT2D eigenvalue weighted by Gasteiger charge is -2.11. The second-order valence-corrected chi connectivity index (χ2v) is 7.11. The quantitative estimate of drug-likeness (QED) is 0.503. The fourth-order valence-corrected chi connectivity index (χ4v) is 3.69. The standard InChI is InChI=1S/C16H17Cl2FN2O2S/c1-10-14(15(22)23)21(16(20-10)24-7-3-2-6-19)9-11-8-12(17)4-5-13(11)18/h4-5,8H,2-3,6-7,9H2,1H3,(H,22,23). The van der Waals surface area contributed by atoms with E-state index < -0.39 is 5.97 Å². The number of rotatable bonds is 8. The summed E-state index contributed by atoms with van der Waals surface area (Å²) in [4.78, 5) is 15.9. The second kappa shape index (κ2) is 8.74. The number of imidazole rings is 1.